The highest BCUT2D eigenvalue weighted by atomic mass is 32.2. The first kappa shape index (κ1) is 16.4. The molecule has 1 fully saturated rings. The molecule has 1 rings (SSSR count). The zero-order valence-corrected chi connectivity index (χ0v) is 11.2. The number of hydrogen-bond acceptors (Lipinski definition) is 4. The lowest BCUT2D eigenvalue weighted by atomic mass is 10.1. The molecule has 1 saturated heterocycles. The van der Waals surface area contributed by atoms with Crippen molar-refractivity contribution in [2.75, 3.05) is 12.3 Å². The largest absolute Gasteiger partial charge is 0.390 e. The average Bonchev–Trinajstić information content (AvgIpc) is 2.72. The van der Waals surface area contributed by atoms with Crippen molar-refractivity contribution in [1.82, 2.24) is 4.72 Å². The number of carbonyl (C=O) groups is 1. The number of sulfonamides is 1. The van der Waals surface area contributed by atoms with E-state index in [2.05, 4.69) is 4.72 Å². The van der Waals surface area contributed by atoms with Gasteiger partial charge in [-0.05, 0) is 19.8 Å². The Kier molecular flexibility index (Phi) is 5.34. The van der Waals surface area contributed by atoms with E-state index in [1.54, 1.807) is 0 Å². The third-order valence-corrected chi connectivity index (χ3v) is 4.09. The van der Waals surface area contributed by atoms with Crippen molar-refractivity contribution in [3.8, 4) is 0 Å². The minimum atomic E-state index is -4.50. The van der Waals surface area contributed by atoms with E-state index in [1.807, 2.05) is 0 Å². The van der Waals surface area contributed by atoms with E-state index < -0.39 is 40.6 Å². The van der Waals surface area contributed by atoms with Gasteiger partial charge in [-0.15, -0.1) is 0 Å². The maximum absolute atomic E-state index is 11.9. The van der Waals surface area contributed by atoms with Gasteiger partial charge in [0, 0.05) is 6.54 Å². The first-order valence-corrected chi connectivity index (χ1v) is 7.44. The third-order valence-electron chi connectivity index (χ3n) is 2.75. The monoisotopic (exact) mass is 303 g/mol. The quantitative estimate of drug-likeness (QED) is 0.794. The molecule has 2 atom stereocenters. The second kappa shape index (κ2) is 6.19. The zero-order valence-electron chi connectivity index (χ0n) is 10.4. The van der Waals surface area contributed by atoms with Crippen LogP contribution in [0.3, 0.4) is 0 Å². The summed E-state index contributed by atoms with van der Waals surface area (Å²) in [7, 11) is -3.97. The molecule has 0 amide bonds. The SMILES string of the molecule is CC(=O)[C@@H]1CCC(CNS(=O)(=O)CCC(F)(F)F)O1. The van der Waals surface area contributed by atoms with Gasteiger partial charge >= 0.3 is 6.18 Å². The zero-order chi connectivity index (χ0) is 14.7. The molecular formula is C10H16F3NO4S. The van der Waals surface area contributed by atoms with Crippen molar-refractivity contribution in [2.45, 2.75) is 44.6 Å². The number of carbonyl (C=O) groups excluding carboxylic acids is 1. The molecule has 1 aliphatic heterocycles. The molecule has 9 heteroatoms. The molecule has 1 unspecified atom stereocenters. The number of ketones is 1. The van der Waals surface area contributed by atoms with Crippen LogP contribution in [0.25, 0.3) is 0 Å². The van der Waals surface area contributed by atoms with Crippen LogP contribution in [-0.2, 0) is 19.6 Å². The minimum Gasteiger partial charge on any atom is -0.366 e. The lowest BCUT2D eigenvalue weighted by Crippen LogP contribution is -2.35. The second-order valence-corrected chi connectivity index (χ2v) is 6.39. The van der Waals surface area contributed by atoms with Gasteiger partial charge < -0.3 is 4.74 Å². The van der Waals surface area contributed by atoms with Crippen molar-refractivity contribution in [3.05, 3.63) is 0 Å². The predicted molar refractivity (Wildman–Crippen MR) is 61.0 cm³/mol. The Morgan fingerprint density at radius 2 is 2.00 bits per heavy atom. The molecule has 0 spiro atoms. The van der Waals surface area contributed by atoms with Crippen molar-refractivity contribution in [1.29, 1.82) is 0 Å². The second-order valence-electron chi connectivity index (χ2n) is 4.47. The van der Waals surface area contributed by atoms with Gasteiger partial charge in [0.1, 0.15) is 6.10 Å². The maximum atomic E-state index is 11.9. The Balaban J connectivity index is 2.34. The van der Waals surface area contributed by atoms with Crippen molar-refractivity contribution in [3.63, 3.8) is 0 Å². The molecule has 0 aliphatic carbocycles. The summed E-state index contributed by atoms with van der Waals surface area (Å²) in [6, 6.07) is 0. The van der Waals surface area contributed by atoms with Crippen molar-refractivity contribution >= 4 is 15.8 Å². The van der Waals surface area contributed by atoms with E-state index in [-0.39, 0.29) is 12.3 Å². The van der Waals surface area contributed by atoms with E-state index in [1.165, 1.54) is 6.92 Å². The molecule has 0 aromatic carbocycles. The van der Waals surface area contributed by atoms with Crippen LogP contribution < -0.4 is 4.72 Å². The first-order chi connectivity index (χ1) is 8.59. The highest BCUT2D eigenvalue weighted by Crippen LogP contribution is 2.21. The Labute approximate surface area is 109 Å². The summed E-state index contributed by atoms with van der Waals surface area (Å²) in [6.07, 6.45) is -5.88. The fourth-order valence-corrected chi connectivity index (χ4v) is 2.78. The topological polar surface area (TPSA) is 72.5 Å². The molecule has 0 bridgehead atoms. The Hall–Kier alpha value is -0.670. The van der Waals surface area contributed by atoms with Gasteiger partial charge in [0.15, 0.2) is 5.78 Å². The van der Waals surface area contributed by atoms with Gasteiger partial charge in [0.2, 0.25) is 10.0 Å². The maximum Gasteiger partial charge on any atom is 0.390 e. The fraction of sp³-hybridized carbons (Fsp3) is 0.900. The van der Waals surface area contributed by atoms with Gasteiger partial charge in [-0.2, -0.15) is 13.2 Å². The molecule has 5 nitrogen and oxygen atoms in total. The summed E-state index contributed by atoms with van der Waals surface area (Å²) in [6.45, 7) is 1.27. The molecule has 19 heavy (non-hydrogen) atoms. The highest BCUT2D eigenvalue weighted by Gasteiger charge is 2.31. The van der Waals surface area contributed by atoms with Gasteiger partial charge in [-0.1, -0.05) is 0 Å². The fourth-order valence-electron chi connectivity index (χ4n) is 1.70. The first-order valence-electron chi connectivity index (χ1n) is 5.79. The Morgan fingerprint density at radius 3 is 2.47 bits per heavy atom. The van der Waals surface area contributed by atoms with Gasteiger partial charge in [0.05, 0.1) is 18.3 Å². The third kappa shape index (κ3) is 6.35. The van der Waals surface area contributed by atoms with Crippen LogP contribution >= 0.6 is 0 Å². The molecule has 0 saturated carbocycles. The number of rotatable bonds is 6. The lowest BCUT2D eigenvalue weighted by molar-refractivity contribution is -0.130. The number of halogens is 3. The smallest absolute Gasteiger partial charge is 0.366 e. The van der Waals surface area contributed by atoms with E-state index in [9.17, 15) is 26.4 Å². The number of nitrogens with one attached hydrogen (secondary N) is 1. The van der Waals surface area contributed by atoms with Crippen LogP contribution in [-0.4, -0.2) is 44.9 Å². The van der Waals surface area contributed by atoms with Crippen LogP contribution in [0.5, 0.6) is 0 Å². The minimum absolute atomic E-state index is 0.107. The summed E-state index contributed by atoms with van der Waals surface area (Å²) in [4.78, 5) is 11.0. The standard InChI is InChI=1S/C10H16F3NO4S/c1-7(15)9-3-2-8(18-9)6-14-19(16,17)5-4-10(11,12)13/h8-9,14H,2-6H2,1H3/t8?,9-/m0/s1. The van der Waals surface area contributed by atoms with E-state index in [4.69, 9.17) is 4.74 Å². The molecule has 0 aromatic heterocycles. The van der Waals surface area contributed by atoms with Gasteiger partial charge in [-0.3, -0.25) is 4.79 Å². The molecular weight excluding hydrogens is 287 g/mol. The summed E-state index contributed by atoms with van der Waals surface area (Å²) in [5.74, 6) is -1.14. The summed E-state index contributed by atoms with van der Waals surface area (Å²) in [5.41, 5.74) is 0. The van der Waals surface area contributed by atoms with Crippen LogP contribution in [0.15, 0.2) is 0 Å². The number of ether oxygens (including phenoxy) is 1. The number of hydrogen-bond donors (Lipinski definition) is 1. The molecule has 0 aromatic rings. The van der Waals surface area contributed by atoms with Crippen LogP contribution in [0.4, 0.5) is 13.2 Å². The average molecular weight is 303 g/mol. The summed E-state index contributed by atoms with van der Waals surface area (Å²) >= 11 is 0. The molecule has 1 N–H and O–H groups in total. The highest BCUT2D eigenvalue weighted by molar-refractivity contribution is 7.89. The summed E-state index contributed by atoms with van der Waals surface area (Å²) in [5, 5.41) is 0. The predicted octanol–water partition coefficient (Wildman–Crippen LogP) is 0.995. The number of Topliss-reactive ketones (excluding diaryl/α,β-unsaturated/α-hetero) is 1. The van der Waals surface area contributed by atoms with Crippen LogP contribution in [0, 0.1) is 0 Å². The van der Waals surface area contributed by atoms with E-state index in [0.29, 0.717) is 12.8 Å². The molecule has 1 heterocycles. The van der Waals surface area contributed by atoms with Crippen molar-refractivity contribution in [2.24, 2.45) is 0 Å². The number of alkyl halides is 3. The lowest BCUT2D eigenvalue weighted by Gasteiger charge is -2.13. The Bertz CT molecular complexity index is 421. The van der Waals surface area contributed by atoms with Gasteiger partial charge in [0.25, 0.3) is 0 Å². The summed E-state index contributed by atoms with van der Waals surface area (Å²) < 4.78 is 65.7. The van der Waals surface area contributed by atoms with E-state index in [0.717, 1.165) is 0 Å². The molecule has 112 valence electrons. The normalized spacial score (nSPS) is 24.6. The molecule has 0 radical (unpaired) electrons. The molecule has 1 aliphatic rings. The van der Waals surface area contributed by atoms with Crippen molar-refractivity contribution < 1.29 is 31.1 Å². The van der Waals surface area contributed by atoms with Crippen LogP contribution in [0.1, 0.15) is 26.2 Å². The van der Waals surface area contributed by atoms with E-state index >= 15 is 0 Å². The van der Waals surface area contributed by atoms with Crippen LogP contribution in [0.2, 0.25) is 0 Å². The van der Waals surface area contributed by atoms with Gasteiger partial charge in [-0.25, -0.2) is 13.1 Å². The Morgan fingerprint density at radius 1 is 1.37 bits per heavy atom.